The number of thioether (sulfide) groups is 1. The van der Waals surface area contributed by atoms with Gasteiger partial charge in [-0.05, 0) is 46.0 Å². The quantitative estimate of drug-likeness (QED) is 0.620. The molecule has 1 aliphatic carbocycles. The van der Waals surface area contributed by atoms with E-state index in [1.54, 1.807) is 11.8 Å². The summed E-state index contributed by atoms with van der Waals surface area (Å²) in [7, 11) is 0. The molecule has 0 aliphatic heterocycles. The Labute approximate surface area is 157 Å². The molecule has 0 amide bonds. The molecule has 1 saturated carbocycles. The van der Waals surface area contributed by atoms with Gasteiger partial charge >= 0.3 is 0 Å². The van der Waals surface area contributed by atoms with Crippen LogP contribution in [0.1, 0.15) is 42.9 Å². The SMILES string of the molecule is N#Cc1ccccc1-c1ccc(CSc2nnnn2C2CCCC2)cc1. The number of hydrogen-bond donors (Lipinski definition) is 0. The van der Waals surface area contributed by atoms with Crippen LogP contribution in [0.5, 0.6) is 0 Å². The maximum atomic E-state index is 9.27. The molecule has 1 heterocycles. The fourth-order valence-electron chi connectivity index (χ4n) is 3.42. The van der Waals surface area contributed by atoms with Crippen LogP contribution in [-0.2, 0) is 5.75 Å². The topological polar surface area (TPSA) is 67.4 Å². The first kappa shape index (κ1) is 16.8. The summed E-state index contributed by atoms with van der Waals surface area (Å²) in [4.78, 5) is 0. The molecule has 5 nitrogen and oxygen atoms in total. The van der Waals surface area contributed by atoms with E-state index in [0.29, 0.717) is 11.6 Å². The first-order chi connectivity index (χ1) is 12.8. The molecule has 6 heteroatoms. The zero-order chi connectivity index (χ0) is 17.8. The summed E-state index contributed by atoms with van der Waals surface area (Å²) in [5, 5.41) is 22.4. The van der Waals surface area contributed by atoms with Crippen LogP contribution in [0.4, 0.5) is 0 Å². The van der Waals surface area contributed by atoms with Gasteiger partial charge in [-0.25, -0.2) is 4.68 Å². The van der Waals surface area contributed by atoms with Crippen molar-refractivity contribution in [2.24, 2.45) is 0 Å². The van der Waals surface area contributed by atoms with E-state index in [9.17, 15) is 5.26 Å². The van der Waals surface area contributed by atoms with Crippen LogP contribution in [-0.4, -0.2) is 20.2 Å². The molecule has 0 spiro atoms. The first-order valence-electron chi connectivity index (χ1n) is 8.84. The molecule has 0 saturated heterocycles. The molecule has 130 valence electrons. The predicted molar refractivity (Wildman–Crippen MR) is 101 cm³/mol. The van der Waals surface area contributed by atoms with Gasteiger partial charge in [-0.3, -0.25) is 0 Å². The Morgan fingerprint density at radius 3 is 2.62 bits per heavy atom. The second kappa shape index (κ2) is 7.71. The van der Waals surface area contributed by atoms with Crippen molar-refractivity contribution in [2.45, 2.75) is 42.6 Å². The van der Waals surface area contributed by atoms with Gasteiger partial charge in [-0.1, -0.05) is 67.1 Å². The van der Waals surface area contributed by atoms with Crippen molar-refractivity contribution in [1.29, 1.82) is 5.26 Å². The van der Waals surface area contributed by atoms with Crippen molar-refractivity contribution >= 4 is 11.8 Å². The Hall–Kier alpha value is -2.65. The molecule has 0 radical (unpaired) electrons. The van der Waals surface area contributed by atoms with Crippen molar-refractivity contribution in [1.82, 2.24) is 20.2 Å². The van der Waals surface area contributed by atoms with E-state index in [1.165, 1.54) is 31.2 Å². The second-order valence-corrected chi connectivity index (χ2v) is 7.43. The monoisotopic (exact) mass is 361 g/mol. The lowest BCUT2D eigenvalue weighted by Crippen LogP contribution is -2.08. The summed E-state index contributed by atoms with van der Waals surface area (Å²) in [6.45, 7) is 0. The Kier molecular flexibility index (Phi) is 4.98. The number of hydrogen-bond acceptors (Lipinski definition) is 5. The second-order valence-electron chi connectivity index (χ2n) is 6.49. The van der Waals surface area contributed by atoms with E-state index in [4.69, 9.17) is 0 Å². The van der Waals surface area contributed by atoms with Crippen LogP contribution in [0.25, 0.3) is 11.1 Å². The van der Waals surface area contributed by atoms with Gasteiger partial charge in [0.05, 0.1) is 17.7 Å². The lowest BCUT2D eigenvalue weighted by atomic mass is 10.00. The molecule has 3 aromatic rings. The molecule has 0 bridgehead atoms. The lowest BCUT2D eigenvalue weighted by molar-refractivity contribution is 0.423. The molecule has 0 atom stereocenters. The molecule has 1 aliphatic rings. The minimum absolute atomic E-state index is 0.456. The maximum absolute atomic E-state index is 9.27. The van der Waals surface area contributed by atoms with E-state index in [-0.39, 0.29) is 0 Å². The van der Waals surface area contributed by atoms with Gasteiger partial charge in [-0.15, -0.1) is 5.10 Å². The van der Waals surface area contributed by atoms with Crippen LogP contribution in [0.2, 0.25) is 0 Å². The largest absolute Gasteiger partial charge is 0.217 e. The summed E-state index contributed by atoms with van der Waals surface area (Å²) in [5.41, 5.74) is 3.95. The fraction of sp³-hybridized carbons (Fsp3) is 0.300. The zero-order valence-electron chi connectivity index (χ0n) is 14.4. The average Bonchev–Trinajstić information content (AvgIpc) is 3.38. The van der Waals surface area contributed by atoms with Crippen molar-refractivity contribution in [3.05, 3.63) is 59.7 Å². The Morgan fingerprint density at radius 2 is 1.85 bits per heavy atom. The van der Waals surface area contributed by atoms with Gasteiger partial charge in [0.25, 0.3) is 0 Å². The van der Waals surface area contributed by atoms with E-state index in [1.807, 2.05) is 28.9 Å². The standard InChI is InChI=1S/C20H19N5S/c21-13-17-5-1-4-8-19(17)16-11-9-15(10-12-16)14-26-20-22-23-24-25(20)18-6-2-3-7-18/h1,4-5,8-12,18H,2-3,6-7,14H2. The molecule has 2 aromatic carbocycles. The Balaban J connectivity index is 1.46. The molecule has 1 aromatic heterocycles. The zero-order valence-corrected chi connectivity index (χ0v) is 15.2. The third-order valence-electron chi connectivity index (χ3n) is 4.81. The summed E-state index contributed by atoms with van der Waals surface area (Å²) in [6, 6.07) is 18.8. The van der Waals surface area contributed by atoms with E-state index < -0.39 is 0 Å². The minimum atomic E-state index is 0.456. The van der Waals surface area contributed by atoms with Gasteiger partial charge in [0.1, 0.15) is 0 Å². The Morgan fingerprint density at radius 1 is 1.08 bits per heavy atom. The van der Waals surface area contributed by atoms with Crippen molar-refractivity contribution < 1.29 is 0 Å². The van der Waals surface area contributed by atoms with Gasteiger partial charge in [0.15, 0.2) is 0 Å². The van der Waals surface area contributed by atoms with Crippen LogP contribution < -0.4 is 0 Å². The molecule has 1 fully saturated rings. The summed E-state index contributed by atoms with van der Waals surface area (Å²) >= 11 is 1.68. The first-order valence-corrected chi connectivity index (χ1v) is 9.83. The maximum Gasteiger partial charge on any atom is 0.209 e. The average molecular weight is 361 g/mol. The van der Waals surface area contributed by atoms with Crippen molar-refractivity contribution in [3.8, 4) is 17.2 Å². The third-order valence-corrected chi connectivity index (χ3v) is 5.82. The third kappa shape index (κ3) is 3.49. The highest BCUT2D eigenvalue weighted by molar-refractivity contribution is 7.98. The number of rotatable bonds is 5. The fourth-order valence-corrected chi connectivity index (χ4v) is 4.32. The number of nitriles is 1. The van der Waals surface area contributed by atoms with Gasteiger partial charge in [0, 0.05) is 5.75 Å². The number of tetrazole rings is 1. The van der Waals surface area contributed by atoms with Crippen LogP contribution in [0.15, 0.2) is 53.7 Å². The Bertz CT molecular complexity index is 920. The summed E-state index contributed by atoms with van der Waals surface area (Å²) < 4.78 is 2.00. The van der Waals surface area contributed by atoms with Crippen molar-refractivity contribution in [3.63, 3.8) is 0 Å². The van der Waals surface area contributed by atoms with Crippen molar-refractivity contribution in [2.75, 3.05) is 0 Å². The smallest absolute Gasteiger partial charge is 0.209 e. The van der Waals surface area contributed by atoms with Gasteiger partial charge in [0.2, 0.25) is 5.16 Å². The number of nitrogens with zero attached hydrogens (tertiary/aromatic N) is 5. The molecule has 26 heavy (non-hydrogen) atoms. The number of benzene rings is 2. The van der Waals surface area contributed by atoms with E-state index in [0.717, 1.165) is 22.0 Å². The number of aromatic nitrogens is 4. The predicted octanol–water partition coefficient (Wildman–Crippen LogP) is 4.62. The van der Waals surface area contributed by atoms with Crippen LogP contribution in [0.3, 0.4) is 0 Å². The molecule has 0 N–H and O–H groups in total. The van der Waals surface area contributed by atoms with E-state index in [2.05, 4.69) is 45.9 Å². The van der Waals surface area contributed by atoms with Gasteiger partial charge < -0.3 is 0 Å². The van der Waals surface area contributed by atoms with Crippen LogP contribution in [0, 0.1) is 11.3 Å². The highest BCUT2D eigenvalue weighted by Crippen LogP contribution is 2.32. The highest BCUT2D eigenvalue weighted by Gasteiger charge is 2.21. The molecule has 0 unspecified atom stereocenters. The normalized spacial score (nSPS) is 14.4. The lowest BCUT2D eigenvalue weighted by Gasteiger charge is -2.11. The molecule has 4 rings (SSSR count). The summed E-state index contributed by atoms with van der Waals surface area (Å²) in [6.07, 6.45) is 4.87. The minimum Gasteiger partial charge on any atom is -0.217 e. The van der Waals surface area contributed by atoms with Crippen LogP contribution >= 0.6 is 11.8 Å². The highest BCUT2D eigenvalue weighted by atomic mass is 32.2. The van der Waals surface area contributed by atoms with E-state index >= 15 is 0 Å². The molecular weight excluding hydrogens is 342 g/mol. The van der Waals surface area contributed by atoms with Gasteiger partial charge in [-0.2, -0.15) is 5.26 Å². The summed E-state index contributed by atoms with van der Waals surface area (Å²) in [5.74, 6) is 0.827. The molecular formula is C20H19N5S.